The molecule has 0 atom stereocenters. The number of nitrogens with two attached hydrogens (primary N) is 1. The molecular formula is C16H15N5O. The second kappa shape index (κ2) is 4.84. The number of benzene rings is 1. The van der Waals surface area contributed by atoms with E-state index in [9.17, 15) is 4.79 Å². The van der Waals surface area contributed by atoms with Crippen LogP contribution in [0.15, 0.2) is 36.4 Å². The van der Waals surface area contributed by atoms with Gasteiger partial charge >= 0.3 is 0 Å². The van der Waals surface area contributed by atoms with Gasteiger partial charge in [-0.15, -0.1) is 5.10 Å². The molecule has 6 nitrogen and oxygen atoms in total. The van der Waals surface area contributed by atoms with Gasteiger partial charge in [-0.1, -0.05) is 18.2 Å². The van der Waals surface area contributed by atoms with Crippen LogP contribution in [0.5, 0.6) is 0 Å². The minimum absolute atomic E-state index is 0.00256. The van der Waals surface area contributed by atoms with Gasteiger partial charge in [0.2, 0.25) is 0 Å². The molecule has 0 radical (unpaired) electrons. The molecule has 6 heteroatoms. The molecule has 1 aliphatic rings. The highest BCUT2D eigenvalue weighted by Gasteiger charge is 2.24. The zero-order valence-corrected chi connectivity index (χ0v) is 11.9. The number of carbonyl (C=O) groups excluding carboxylic acids is 1. The number of rotatable bonds is 1. The summed E-state index contributed by atoms with van der Waals surface area (Å²) in [5.74, 6) is 0.385. The normalized spacial score (nSPS) is 14.1. The lowest BCUT2D eigenvalue weighted by atomic mass is 10.1. The molecule has 3 heterocycles. The first-order valence-electron chi connectivity index (χ1n) is 7.19. The van der Waals surface area contributed by atoms with Crippen molar-refractivity contribution in [2.75, 3.05) is 12.3 Å². The van der Waals surface area contributed by atoms with E-state index in [-0.39, 0.29) is 5.91 Å². The van der Waals surface area contributed by atoms with Crippen LogP contribution >= 0.6 is 0 Å². The predicted molar refractivity (Wildman–Crippen MR) is 83.2 cm³/mol. The standard InChI is InChI=1S/C16H15N5O/c17-15-8-11-9-21(6-5-13(11)19-20-15)16(22)14-7-10-3-1-2-4-12(10)18-14/h1-4,7-8,18H,5-6,9H2,(H2,17,20). The molecule has 1 aliphatic heterocycles. The van der Waals surface area contributed by atoms with Gasteiger partial charge in [-0.05, 0) is 23.8 Å². The van der Waals surface area contributed by atoms with E-state index < -0.39 is 0 Å². The molecule has 3 aromatic rings. The maximum Gasteiger partial charge on any atom is 0.270 e. The first-order chi connectivity index (χ1) is 10.7. The van der Waals surface area contributed by atoms with Crippen LogP contribution in [0.25, 0.3) is 10.9 Å². The highest BCUT2D eigenvalue weighted by atomic mass is 16.2. The molecule has 0 unspecified atom stereocenters. The minimum Gasteiger partial charge on any atom is -0.382 e. The average Bonchev–Trinajstić information content (AvgIpc) is 2.97. The van der Waals surface area contributed by atoms with Crippen molar-refractivity contribution in [3.05, 3.63) is 53.3 Å². The third-order valence-corrected chi connectivity index (χ3v) is 4.01. The van der Waals surface area contributed by atoms with E-state index in [0.29, 0.717) is 31.0 Å². The lowest BCUT2D eigenvalue weighted by Crippen LogP contribution is -2.36. The lowest BCUT2D eigenvalue weighted by Gasteiger charge is -2.27. The number of hydrogen-bond acceptors (Lipinski definition) is 4. The molecule has 0 aliphatic carbocycles. The SMILES string of the molecule is Nc1cc2c(nn1)CCN(C(=O)c1cc3ccccc3[nH]1)C2. The largest absolute Gasteiger partial charge is 0.382 e. The fraction of sp³-hybridized carbons (Fsp3) is 0.188. The van der Waals surface area contributed by atoms with E-state index in [0.717, 1.165) is 22.2 Å². The van der Waals surface area contributed by atoms with Crippen LogP contribution < -0.4 is 5.73 Å². The Balaban J connectivity index is 1.63. The van der Waals surface area contributed by atoms with E-state index in [4.69, 9.17) is 5.73 Å². The third-order valence-electron chi connectivity index (χ3n) is 4.01. The lowest BCUT2D eigenvalue weighted by molar-refractivity contribution is 0.0728. The number of anilines is 1. The van der Waals surface area contributed by atoms with Crippen LogP contribution in [0.4, 0.5) is 5.82 Å². The van der Waals surface area contributed by atoms with Gasteiger partial charge in [0.25, 0.3) is 5.91 Å². The minimum atomic E-state index is -0.00256. The van der Waals surface area contributed by atoms with Gasteiger partial charge in [0.15, 0.2) is 0 Å². The van der Waals surface area contributed by atoms with Crippen molar-refractivity contribution < 1.29 is 4.79 Å². The maximum atomic E-state index is 12.7. The molecule has 110 valence electrons. The summed E-state index contributed by atoms with van der Waals surface area (Å²) in [6, 6.07) is 11.6. The molecule has 1 aromatic carbocycles. The Labute approximate surface area is 127 Å². The van der Waals surface area contributed by atoms with Crippen molar-refractivity contribution in [2.45, 2.75) is 13.0 Å². The Bertz CT molecular complexity index is 837. The third kappa shape index (κ3) is 2.09. The van der Waals surface area contributed by atoms with Gasteiger partial charge in [-0.3, -0.25) is 4.79 Å². The van der Waals surface area contributed by atoms with Gasteiger partial charge in [0, 0.05) is 30.4 Å². The number of H-pyrrole nitrogens is 1. The molecule has 0 saturated carbocycles. The molecule has 4 rings (SSSR count). The van der Waals surface area contributed by atoms with Gasteiger partial charge < -0.3 is 15.6 Å². The summed E-state index contributed by atoms with van der Waals surface area (Å²) < 4.78 is 0. The number of amides is 1. The monoisotopic (exact) mass is 293 g/mol. The molecule has 0 saturated heterocycles. The van der Waals surface area contributed by atoms with Crippen LogP contribution in [0.2, 0.25) is 0 Å². The fourth-order valence-corrected chi connectivity index (χ4v) is 2.88. The second-order valence-electron chi connectivity index (χ2n) is 5.49. The summed E-state index contributed by atoms with van der Waals surface area (Å²) in [5, 5.41) is 9.01. The highest BCUT2D eigenvalue weighted by molar-refractivity contribution is 5.98. The Morgan fingerprint density at radius 3 is 2.95 bits per heavy atom. The first-order valence-corrected chi connectivity index (χ1v) is 7.19. The van der Waals surface area contributed by atoms with Crippen molar-refractivity contribution in [3.8, 4) is 0 Å². The van der Waals surface area contributed by atoms with Crippen LogP contribution in [0.1, 0.15) is 21.7 Å². The van der Waals surface area contributed by atoms with Gasteiger partial charge in [0.1, 0.15) is 11.5 Å². The summed E-state index contributed by atoms with van der Waals surface area (Å²) in [7, 11) is 0. The van der Waals surface area contributed by atoms with Crippen LogP contribution in [-0.2, 0) is 13.0 Å². The number of fused-ring (bicyclic) bond motifs is 2. The number of carbonyl (C=O) groups is 1. The molecule has 0 spiro atoms. The van der Waals surface area contributed by atoms with Gasteiger partial charge in [0.05, 0.1) is 5.69 Å². The van der Waals surface area contributed by atoms with E-state index in [1.165, 1.54) is 0 Å². The number of aromatic amines is 1. The van der Waals surface area contributed by atoms with Crippen molar-refractivity contribution in [1.29, 1.82) is 0 Å². The van der Waals surface area contributed by atoms with Crippen molar-refractivity contribution >= 4 is 22.6 Å². The fourth-order valence-electron chi connectivity index (χ4n) is 2.88. The number of nitrogens with zero attached hydrogens (tertiary/aromatic N) is 3. The van der Waals surface area contributed by atoms with Crippen LogP contribution in [0.3, 0.4) is 0 Å². The molecule has 0 fully saturated rings. The zero-order valence-electron chi connectivity index (χ0n) is 11.9. The molecule has 1 amide bonds. The van der Waals surface area contributed by atoms with Crippen molar-refractivity contribution in [3.63, 3.8) is 0 Å². The molecular weight excluding hydrogens is 278 g/mol. The van der Waals surface area contributed by atoms with E-state index in [1.54, 1.807) is 6.07 Å². The smallest absolute Gasteiger partial charge is 0.270 e. The van der Waals surface area contributed by atoms with Gasteiger partial charge in [-0.2, -0.15) is 5.10 Å². The van der Waals surface area contributed by atoms with Crippen molar-refractivity contribution in [2.24, 2.45) is 0 Å². The molecule has 3 N–H and O–H groups in total. The molecule has 22 heavy (non-hydrogen) atoms. The second-order valence-corrected chi connectivity index (χ2v) is 5.49. The first kappa shape index (κ1) is 12.8. The number of hydrogen-bond donors (Lipinski definition) is 2. The summed E-state index contributed by atoms with van der Waals surface area (Å²) in [6.45, 7) is 1.16. The zero-order chi connectivity index (χ0) is 15.1. The summed E-state index contributed by atoms with van der Waals surface area (Å²) >= 11 is 0. The Kier molecular flexibility index (Phi) is 2.82. The van der Waals surface area contributed by atoms with Crippen molar-refractivity contribution in [1.82, 2.24) is 20.1 Å². The number of para-hydroxylation sites is 1. The Hall–Kier alpha value is -2.89. The summed E-state index contributed by atoms with van der Waals surface area (Å²) in [4.78, 5) is 17.7. The quantitative estimate of drug-likeness (QED) is 0.715. The summed E-state index contributed by atoms with van der Waals surface area (Å²) in [5.41, 5.74) is 9.16. The van der Waals surface area contributed by atoms with E-state index >= 15 is 0 Å². The topological polar surface area (TPSA) is 87.9 Å². The summed E-state index contributed by atoms with van der Waals surface area (Å²) in [6.07, 6.45) is 0.703. The number of nitrogens with one attached hydrogen (secondary N) is 1. The molecule has 2 aromatic heterocycles. The molecule has 0 bridgehead atoms. The van der Waals surface area contributed by atoms with Crippen LogP contribution in [0, 0.1) is 0 Å². The van der Waals surface area contributed by atoms with Crippen LogP contribution in [-0.4, -0.2) is 32.5 Å². The highest BCUT2D eigenvalue weighted by Crippen LogP contribution is 2.21. The van der Waals surface area contributed by atoms with E-state index in [1.807, 2.05) is 35.2 Å². The number of nitrogen functional groups attached to an aromatic ring is 1. The number of aromatic nitrogens is 3. The Morgan fingerprint density at radius 1 is 1.23 bits per heavy atom. The predicted octanol–water partition coefficient (Wildman–Crippen LogP) is 1.74. The Morgan fingerprint density at radius 2 is 2.09 bits per heavy atom. The van der Waals surface area contributed by atoms with E-state index in [2.05, 4.69) is 15.2 Å². The van der Waals surface area contributed by atoms with Gasteiger partial charge in [-0.25, -0.2) is 0 Å². The average molecular weight is 293 g/mol. The maximum absolute atomic E-state index is 12.7.